The first kappa shape index (κ1) is 14.1. The van der Waals surface area contributed by atoms with Gasteiger partial charge < -0.3 is 10.2 Å². The molecule has 0 saturated heterocycles. The maximum Gasteiger partial charge on any atom is 0.0312 e. The van der Waals surface area contributed by atoms with Gasteiger partial charge in [0.05, 0.1) is 0 Å². The zero-order chi connectivity index (χ0) is 12.5. The minimum absolute atomic E-state index is 0.631. The van der Waals surface area contributed by atoms with Crippen molar-refractivity contribution >= 4 is 0 Å². The Morgan fingerprint density at radius 2 is 2.29 bits per heavy atom. The van der Waals surface area contributed by atoms with Crippen molar-refractivity contribution in [1.29, 1.82) is 0 Å². The molecule has 0 aromatic carbocycles. The van der Waals surface area contributed by atoms with Gasteiger partial charge in [0, 0.05) is 25.0 Å². The highest BCUT2D eigenvalue weighted by atomic mass is 15.1. The normalized spacial score (nSPS) is 12.9. The Balaban J connectivity index is 2.15. The molecule has 3 heteroatoms. The third-order valence-corrected chi connectivity index (χ3v) is 2.90. The van der Waals surface area contributed by atoms with Crippen molar-refractivity contribution in [2.45, 2.75) is 39.3 Å². The number of pyridine rings is 1. The van der Waals surface area contributed by atoms with Gasteiger partial charge in [0.25, 0.3) is 0 Å². The zero-order valence-electron chi connectivity index (χ0n) is 11.3. The van der Waals surface area contributed by atoms with Crippen molar-refractivity contribution in [3.63, 3.8) is 0 Å². The van der Waals surface area contributed by atoms with E-state index in [-0.39, 0.29) is 0 Å². The van der Waals surface area contributed by atoms with Gasteiger partial charge in [-0.3, -0.25) is 4.98 Å². The quantitative estimate of drug-likeness (QED) is 0.749. The lowest BCUT2D eigenvalue weighted by Gasteiger charge is -2.18. The van der Waals surface area contributed by atoms with E-state index in [2.05, 4.69) is 42.2 Å². The Hall–Kier alpha value is -0.930. The van der Waals surface area contributed by atoms with Gasteiger partial charge in [-0.05, 0) is 51.5 Å². The molecule has 0 amide bonds. The summed E-state index contributed by atoms with van der Waals surface area (Å²) >= 11 is 0. The molecular formula is C14H25N3. The number of aromatic nitrogens is 1. The van der Waals surface area contributed by atoms with Gasteiger partial charge in [-0.2, -0.15) is 0 Å². The molecule has 1 unspecified atom stereocenters. The maximum atomic E-state index is 4.13. The molecule has 0 aliphatic heterocycles. The molecule has 1 N–H and O–H groups in total. The summed E-state index contributed by atoms with van der Waals surface area (Å²) in [5, 5.41) is 3.44. The molecule has 3 nitrogen and oxygen atoms in total. The molecule has 0 radical (unpaired) electrons. The summed E-state index contributed by atoms with van der Waals surface area (Å²) in [6.07, 6.45) is 6.25. The predicted octanol–water partition coefficient (Wildman–Crippen LogP) is 2.29. The lowest BCUT2D eigenvalue weighted by atomic mass is 10.1. The molecule has 0 aliphatic carbocycles. The highest BCUT2D eigenvalue weighted by molar-refractivity contribution is 5.07. The van der Waals surface area contributed by atoms with Crippen molar-refractivity contribution in [3.8, 4) is 0 Å². The zero-order valence-corrected chi connectivity index (χ0v) is 11.3. The fourth-order valence-corrected chi connectivity index (χ4v) is 2.00. The first-order valence-corrected chi connectivity index (χ1v) is 6.53. The van der Waals surface area contributed by atoms with Crippen LogP contribution in [0.1, 0.15) is 32.3 Å². The van der Waals surface area contributed by atoms with Gasteiger partial charge >= 0.3 is 0 Å². The van der Waals surface area contributed by atoms with Crippen LogP contribution in [0, 0.1) is 0 Å². The topological polar surface area (TPSA) is 28.2 Å². The Morgan fingerprint density at radius 1 is 1.47 bits per heavy atom. The van der Waals surface area contributed by atoms with Crippen LogP contribution < -0.4 is 5.32 Å². The number of hydrogen-bond acceptors (Lipinski definition) is 3. The summed E-state index contributed by atoms with van der Waals surface area (Å²) in [7, 11) is 2.17. The van der Waals surface area contributed by atoms with Crippen LogP contribution in [0.5, 0.6) is 0 Å². The van der Waals surface area contributed by atoms with Gasteiger partial charge in [0.1, 0.15) is 0 Å². The van der Waals surface area contributed by atoms with Gasteiger partial charge in [-0.25, -0.2) is 0 Å². The van der Waals surface area contributed by atoms with Crippen molar-refractivity contribution in [2.75, 3.05) is 20.1 Å². The second-order valence-corrected chi connectivity index (χ2v) is 4.70. The first-order chi connectivity index (χ1) is 8.22. The molecule has 0 aliphatic rings. The molecule has 0 saturated carbocycles. The molecule has 0 bridgehead atoms. The van der Waals surface area contributed by atoms with Crippen LogP contribution in [0.25, 0.3) is 0 Å². The number of nitrogens with one attached hydrogen (secondary N) is 1. The van der Waals surface area contributed by atoms with Crippen LogP contribution in [0.15, 0.2) is 24.5 Å². The fraction of sp³-hybridized carbons (Fsp3) is 0.643. The average molecular weight is 235 g/mol. The number of nitrogens with zero attached hydrogens (tertiary/aromatic N) is 2. The van der Waals surface area contributed by atoms with Crippen molar-refractivity contribution in [2.24, 2.45) is 0 Å². The predicted molar refractivity (Wildman–Crippen MR) is 72.9 cm³/mol. The Morgan fingerprint density at radius 3 is 2.94 bits per heavy atom. The molecule has 0 spiro atoms. The van der Waals surface area contributed by atoms with E-state index in [0.717, 1.165) is 19.6 Å². The molecule has 96 valence electrons. The fourth-order valence-electron chi connectivity index (χ4n) is 2.00. The van der Waals surface area contributed by atoms with Gasteiger partial charge in [-0.1, -0.05) is 13.0 Å². The van der Waals surface area contributed by atoms with E-state index in [9.17, 15) is 0 Å². The lowest BCUT2D eigenvalue weighted by molar-refractivity contribution is 0.311. The molecule has 1 aromatic rings. The molecule has 1 rings (SSSR count). The average Bonchev–Trinajstić information content (AvgIpc) is 2.30. The Kier molecular flexibility index (Phi) is 6.82. The highest BCUT2D eigenvalue weighted by Gasteiger charge is 2.03. The third kappa shape index (κ3) is 6.39. The Bertz CT molecular complexity index is 287. The van der Waals surface area contributed by atoms with Crippen LogP contribution in [-0.2, 0) is 6.54 Å². The van der Waals surface area contributed by atoms with Crippen LogP contribution in [-0.4, -0.2) is 36.1 Å². The maximum absolute atomic E-state index is 4.13. The number of hydrogen-bond donors (Lipinski definition) is 1. The van der Waals surface area contributed by atoms with Crippen LogP contribution in [0.3, 0.4) is 0 Å². The largest absolute Gasteiger partial charge is 0.315 e. The summed E-state index contributed by atoms with van der Waals surface area (Å²) in [4.78, 5) is 6.49. The first-order valence-electron chi connectivity index (χ1n) is 6.53. The van der Waals surface area contributed by atoms with Crippen molar-refractivity contribution < 1.29 is 0 Å². The van der Waals surface area contributed by atoms with Gasteiger partial charge in [0.15, 0.2) is 0 Å². The summed E-state index contributed by atoms with van der Waals surface area (Å²) in [6, 6.07) is 4.76. The summed E-state index contributed by atoms with van der Waals surface area (Å²) in [5.41, 5.74) is 1.29. The van der Waals surface area contributed by atoms with Crippen LogP contribution >= 0.6 is 0 Å². The van der Waals surface area contributed by atoms with E-state index >= 15 is 0 Å². The third-order valence-electron chi connectivity index (χ3n) is 2.90. The minimum Gasteiger partial charge on any atom is -0.315 e. The highest BCUT2D eigenvalue weighted by Crippen LogP contribution is 2.03. The SMILES string of the molecule is CCNC(C)CCCN(C)Cc1cccnc1. The van der Waals surface area contributed by atoms with Crippen molar-refractivity contribution in [3.05, 3.63) is 30.1 Å². The lowest BCUT2D eigenvalue weighted by Crippen LogP contribution is -2.27. The molecule has 0 fully saturated rings. The smallest absolute Gasteiger partial charge is 0.0312 e. The monoisotopic (exact) mass is 235 g/mol. The van der Waals surface area contributed by atoms with Gasteiger partial charge in [-0.15, -0.1) is 0 Å². The summed E-state index contributed by atoms with van der Waals surface area (Å²) in [6.45, 7) is 7.61. The Labute approximate surface area is 105 Å². The molecule has 1 heterocycles. The molecule has 1 atom stereocenters. The van der Waals surface area contributed by atoms with Crippen LogP contribution in [0.2, 0.25) is 0 Å². The number of rotatable bonds is 8. The molecule has 17 heavy (non-hydrogen) atoms. The van der Waals surface area contributed by atoms with Crippen molar-refractivity contribution in [1.82, 2.24) is 15.2 Å². The molecular weight excluding hydrogens is 210 g/mol. The van der Waals surface area contributed by atoms with E-state index in [1.54, 1.807) is 0 Å². The molecule has 1 aromatic heterocycles. The van der Waals surface area contributed by atoms with Gasteiger partial charge in [0.2, 0.25) is 0 Å². The van der Waals surface area contributed by atoms with E-state index in [4.69, 9.17) is 0 Å². The van der Waals surface area contributed by atoms with E-state index in [1.807, 2.05) is 18.5 Å². The van der Waals surface area contributed by atoms with E-state index in [1.165, 1.54) is 18.4 Å². The second-order valence-electron chi connectivity index (χ2n) is 4.70. The summed E-state index contributed by atoms with van der Waals surface area (Å²) in [5.74, 6) is 0. The second kappa shape index (κ2) is 8.20. The summed E-state index contributed by atoms with van der Waals surface area (Å²) < 4.78 is 0. The van der Waals surface area contributed by atoms with Crippen LogP contribution in [0.4, 0.5) is 0 Å². The standard InChI is InChI=1S/C14H25N3/c1-4-16-13(2)7-6-10-17(3)12-14-8-5-9-15-11-14/h5,8-9,11,13,16H,4,6-7,10,12H2,1-3H3. The minimum atomic E-state index is 0.631. The van der Waals surface area contributed by atoms with E-state index < -0.39 is 0 Å². The van der Waals surface area contributed by atoms with E-state index in [0.29, 0.717) is 6.04 Å².